The average molecular weight is 537 g/mol. The third kappa shape index (κ3) is 9.75. The molecule has 0 aliphatic carbocycles. The van der Waals surface area contributed by atoms with Crippen molar-refractivity contribution in [2.24, 2.45) is 11.3 Å². The normalized spacial score (nSPS) is 17.3. The zero-order valence-electron chi connectivity index (χ0n) is 23.6. The highest BCUT2D eigenvalue weighted by molar-refractivity contribution is 5.72. The minimum Gasteiger partial charge on any atom is -0.504 e. The lowest BCUT2D eigenvalue weighted by molar-refractivity contribution is -0.166. The molecular weight excluding hydrogens is 488 g/mol. The Morgan fingerprint density at radius 2 is 1.87 bits per heavy atom. The Balaban J connectivity index is 2.48. The first-order chi connectivity index (χ1) is 18.3. The Hall–Kier alpha value is -2.36. The SMILES string of the molecule is CCCC[C@H](CCCO)[C@H](C[C@@H](OC(=O)CNC)C1(Cc2ccc(O)c(OC)c2)CCNCC1)OC(C)=O. The summed E-state index contributed by atoms with van der Waals surface area (Å²) < 4.78 is 17.5. The van der Waals surface area contributed by atoms with E-state index in [-0.39, 0.29) is 36.8 Å². The molecule has 0 radical (unpaired) electrons. The first-order valence-electron chi connectivity index (χ1n) is 14.0. The van der Waals surface area contributed by atoms with Crippen LogP contribution in [0.15, 0.2) is 18.2 Å². The summed E-state index contributed by atoms with van der Waals surface area (Å²) in [6, 6.07) is 5.34. The molecule has 0 bridgehead atoms. The van der Waals surface area contributed by atoms with Crippen molar-refractivity contribution in [1.29, 1.82) is 0 Å². The number of benzene rings is 1. The second kappa shape index (κ2) is 16.6. The van der Waals surface area contributed by atoms with Gasteiger partial charge in [-0.1, -0.05) is 25.8 Å². The molecular formula is C29H48N2O7. The number of carbonyl (C=O) groups excluding carboxylic acids is 2. The van der Waals surface area contributed by atoms with Crippen molar-refractivity contribution in [3.8, 4) is 11.5 Å². The predicted octanol–water partition coefficient (Wildman–Crippen LogP) is 3.35. The van der Waals surface area contributed by atoms with Crippen molar-refractivity contribution < 1.29 is 34.0 Å². The minimum absolute atomic E-state index is 0.0593. The second-order valence-corrected chi connectivity index (χ2v) is 10.5. The van der Waals surface area contributed by atoms with Gasteiger partial charge in [-0.2, -0.15) is 0 Å². The van der Waals surface area contributed by atoms with Crippen molar-refractivity contribution in [3.05, 3.63) is 23.8 Å². The number of carbonyl (C=O) groups is 2. The zero-order chi connectivity index (χ0) is 28.0. The van der Waals surface area contributed by atoms with Gasteiger partial charge in [-0.15, -0.1) is 0 Å². The van der Waals surface area contributed by atoms with E-state index in [0.29, 0.717) is 25.0 Å². The van der Waals surface area contributed by atoms with E-state index in [4.69, 9.17) is 14.2 Å². The lowest BCUT2D eigenvalue weighted by Gasteiger charge is -2.45. The molecule has 1 aliphatic rings. The molecule has 3 atom stereocenters. The number of likely N-dealkylation sites (N-methyl/N-ethyl adjacent to an activating group) is 1. The van der Waals surface area contributed by atoms with Gasteiger partial charge >= 0.3 is 11.9 Å². The van der Waals surface area contributed by atoms with Crippen molar-refractivity contribution in [3.63, 3.8) is 0 Å². The highest BCUT2D eigenvalue weighted by Crippen LogP contribution is 2.43. The van der Waals surface area contributed by atoms with E-state index in [1.54, 1.807) is 13.1 Å². The Bertz CT molecular complexity index is 849. The standard InChI is InChI=1S/C29H48N2O7/c1-5-6-8-23(9-7-16-32)25(37-21(2)33)18-27(38-28(35)20-30-3)29(12-14-31-15-13-29)19-22-10-11-24(34)26(17-22)36-4/h10-11,17,23,25,27,30-32,34H,5-9,12-16,18-20H2,1-4H3/t23-,25+,27-/m1/s1. The molecule has 0 aromatic heterocycles. The molecule has 38 heavy (non-hydrogen) atoms. The van der Waals surface area contributed by atoms with Crippen LogP contribution in [0.25, 0.3) is 0 Å². The molecule has 4 N–H and O–H groups in total. The molecule has 216 valence electrons. The number of hydrogen-bond donors (Lipinski definition) is 4. The number of aliphatic hydroxyl groups excluding tert-OH is 1. The summed E-state index contributed by atoms with van der Waals surface area (Å²) in [5.74, 6) is -0.171. The molecule has 1 saturated heterocycles. The number of esters is 2. The number of aromatic hydroxyl groups is 1. The van der Waals surface area contributed by atoms with Crippen LogP contribution in [0.2, 0.25) is 0 Å². The highest BCUT2D eigenvalue weighted by Gasteiger charge is 2.45. The molecule has 0 amide bonds. The van der Waals surface area contributed by atoms with E-state index in [2.05, 4.69) is 17.6 Å². The Morgan fingerprint density at radius 1 is 1.16 bits per heavy atom. The number of phenolic OH excluding ortho intramolecular Hbond substituents is 1. The monoisotopic (exact) mass is 536 g/mol. The topological polar surface area (TPSA) is 126 Å². The van der Waals surface area contributed by atoms with Gasteiger partial charge in [-0.3, -0.25) is 9.59 Å². The van der Waals surface area contributed by atoms with Gasteiger partial charge in [-0.05, 0) is 82.3 Å². The third-order valence-corrected chi connectivity index (χ3v) is 7.63. The summed E-state index contributed by atoms with van der Waals surface area (Å²) in [6.45, 7) is 5.26. The van der Waals surface area contributed by atoms with Gasteiger partial charge in [0.15, 0.2) is 11.5 Å². The van der Waals surface area contributed by atoms with Crippen molar-refractivity contribution in [2.75, 3.05) is 40.4 Å². The van der Waals surface area contributed by atoms with Crippen LogP contribution in [0, 0.1) is 11.3 Å². The molecule has 9 nitrogen and oxygen atoms in total. The molecule has 0 saturated carbocycles. The summed E-state index contributed by atoms with van der Waals surface area (Å²) in [5, 5.41) is 25.9. The lowest BCUT2D eigenvalue weighted by Crippen LogP contribution is -2.50. The second-order valence-electron chi connectivity index (χ2n) is 10.5. The van der Waals surface area contributed by atoms with Gasteiger partial charge in [0.2, 0.25) is 0 Å². The number of rotatable bonds is 17. The summed E-state index contributed by atoms with van der Waals surface area (Å²) in [6.07, 6.45) is 5.86. The molecule has 1 heterocycles. The number of methoxy groups -OCH3 is 1. The van der Waals surface area contributed by atoms with Crippen LogP contribution in [0.1, 0.15) is 70.8 Å². The van der Waals surface area contributed by atoms with Crippen LogP contribution in [0.5, 0.6) is 11.5 Å². The van der Waals surface area contributed by atoms with Gasteiger partial charge in [-0.25, -0.2) is 0 Å². The zero-order valence-corrected chi connectivity index (χ0v) is 23.6. The minimum atomic E-state index is -0.493. The van der Waals surface area contributed by atoms with E-state index in [9.17, 15) is 19.8 Å². The van der Waals surface area contributed by atoms with Gasteiger partial charge in [0.25, 0.3) is 0 Å². The molecule has 1 aromatic carbocycles. The van der Waals surface area contributed by atoms with Gasteiger partial charge in [0.05, 0.1) is 13.7 Å². The van der Waals surface area contributed by atoms with Crippen LogP contribution in [-0.2, 0) is 25.5 Å². The van der Waals surface area contributed by atoms with Crippen LogP contribution < -0.4 is 15.4 Å². The number of unbranched alkanes of at least 4 members (excludes halogenated alkanes) is 1. The van der Waals surface area contributed by atoms with E-state index in [0.717, 1.165) is 57.2 Å². The Morgan fingerprint density at radius 3 is 2.47 bits per heavy atom. The van der Waals surface area contributed by atoms with E-state index < -0.39 is 17.6 Å². The fourth-order valence-corrected chi connectivity index (χ4v) is 5.64. The van der Waals surface area contributed by atoms with Crippen molar-refractivity contribution in [2.45, 2.75) is 83.8 Å². The quantitative estimate of drug-likeness (QED) is 0.222. The van der Waals surface area contributed by atoms with Crippen molar-refractivity contribution in [1.82, 2.24) is 10.6 Å². The smallest absolute Gasteiger partial charge is 0.320 e. The van der Waals surface area contributed by atoms with E-state index >= 15 is 0 Å². The molecule has 9 heteroatoms. The summed E-state index contributed by atoms with van der Waals surface area (Å²) in [7, 11) is 3.23. The maximum absolute atomic E-state index is 12.9. The fraction of sp³-hybridized carbons (Fsp3) is 0.724. The van der Waals surface area contributed by atoms with Crippen LogP contribution in [0.3, 0.4) is 0 Å². The number of nitrogens with one attached hydrogen (secondary N) is 2. The van der Waals surface area contributed by atoms with Crippen LogP contribution in [-0.4, -0.2) is 74.8 Å². The number of hydrogen-bond acceptors (Lipinski definition) is 9. The van der Waals surface area contributed by atoms with Gasteiger partial charge in [0.1, 0.15) is 12.2 Å². The average Bonchev–Trinajstić information content (AvgIpc) is 2.89. The summed E-state index contributed by atoms with van der Waals surface area (Å²) >= 11 is 0. The number of aliphatic hydroxyl groups is 1. The van der Waals surface area contributed by atoms with Crippen molar-refractivity contribution >= 4 is 11.9 Å². The molecule has 0 unspecified atom stereocenters. The Labute approximate surface area is 227 Å². The lowest BCUT2D eigenvalue weighted by atomic mass is 9.68. The maximum Gasteiger partial charge on any atom is 0.320 e. The molecule has 0 spiro atoms. The number of phenols is 1. The summed E-state index contributed by atoms with van der Waals surface area (Å²) in [4.78, 5) is 25.1. The first kappa shape index (κ1) is 31.9. The molecule has 2 rings (SSSR count). The van der Waals surface area contributed by atoms with Gasteiger partial charge < -0.3 is 35.1 Å². The molecule has 1 aromatic rings. The predicted molar refractivity (Wildman–Crippen MR) is 146 cm³/mol. The number of ether oxygens (including phenoxy) is 3. The third-order valence-electron chi connectivity index (χ3n) is 7.63. The van der Waals surface area contributed by atoms with Crippen LogP contribution in [0.4, 0.5) is 0 Å². The van der Waals surface area contributed by atoms with Crippen LogP contribution >= 0.6 is 0 Å². The largest absolute Gasteiger partial charge is 0.504 e. The van der Waals surface area contributed by atoms with Gasteiger partial charge in [0, 0.05) is 25.4 Å². The molecule has 1 fully saturated rings. The molecule has 1 aliphatic heterocycles. The fourth-order valence-electron chi connectivity index (χ4n) is 5.64. The first-order valence-corrected chi connectivity index (χ1v) is 14.0. The highest BCUT2D eigenvalue weighted by atomic mass is 16.6. The van der Waals surface area contributed by atoms with E-state index in [1.807, 2.05) is 12.1 Å². The van der Waals surface area contributed by atoms with E-state index in [1.165, 1.54) is 14.0 Å². The summed E-state index contributed by atoms with van der Waals surface area (Å²) in [5.41, 5.74) is 0.574. The number of piperidine rings is 1. The Kier molecular flexibility index (Phi) is 13.9. The maximum atomic E-state index is 12.9.